The van der Waals surface area contributed by atoms with Gasteiger partial charge >= 0.3 is 5.97 Å². The van der Waals surface area contributed by atoms with E-state index in [0.29, 0.717) is 12.6 Å². The number of hydrogen-bond acceptors (Lipinski definition) is 4. The summed E-state index contributed by atoms with van der Waals surface area (Å²) in [5.74, 6) is -0.187. The van der Waals surface area contributed by atoms with E-state index < -0.39 is 0 Å². The first-order chi connectivity index (χ1) is 7.69. The summed E-state index contributed by atoms with van der Waals surface area (Å²) in [6, 6.07) is 0.648. The van der Waals surface area contributed by atoms with Crippen LogP contribution in [0, 0.1) is 5.92 Å². The number of likely N-dealkylation sites (N-methyl/N-ethyl adjacent to an activating group) is 1. The Bertz CT molecular complexity index is 221. The normalized spacial score (nSPS) is 23.3. The molecule has 1 fully saturated rings. The van der Waals surface area contributed by atoms with Crippen molar-refractivity contribution >= 4 is 5.97 Å². The molecular formula is C12H24N2O2. The van der Waals surface area contributed by atoms with Gasteiger partial charge in [-0.05, 0) is 25.9 Å². The molecule has 1 heterocycles. The molecule has 4 heteroatoms. The summed E-state index contributed by atoms with van der Waals surface area (Å²) in [7, 11) is 1.44. The van der Waals surface area contributed by atoms with E-state index in [1.807, 2.05) is 6.92 Å². The molecule has 2 atom stereocenters. The summed E-state index contributed by atoms with van der Waals surface area (Å²) in [6.45, 7) is 8.13. The first kappa shape index (κ1) is 13.5. The zero-order chi connectivity index (χ0) is 12.0. The van der Waals surface area contributed by atoms with Gasteiger partial charge in [0.25, 0.3) is 0 Å². The van der Waals surface area contributed by atoms with Crippen LogP contribution in [0.2, 0.25) is 0 Å². The van der Waals surface area contributed by atoms with Crippen LogP contribution in [-0.4, -0.2) is 50.2 Å². The fourth-order valence-electron chi connectivity index (χ4n) is 2.29. The van der Waals surface area contributed by atoms with Gasteiger partial charge in [0.05, 0.1) is 13.0 Å². The van der Waals surface area contributed by atoms with Crippen molar-refractivity contribution in [3.8, 4) is 0 Å². The van der Waals surface area contributed by atoms with Crippen LogP contribution in [-0.2, 0) is 9.53 Å². The number of likely N-dealkylation sites (tertiary alicyclic amines) is 1. The maximum atomic E-state index is 11.2. The zero-order valence-electron chi connectivity index (χ0n) is 10.7. The van der Waals surface area contributed by atoms with Gasteiger partial charge in [-0.2, -0.15) is 0 Å². The summed E-state index contributed by atoms with van der Waals surface area (Å²) < 4.78 is 4.69. The lowest BCUT2D eigenvalue weighted by Gasteiger charge is -2.23. The van der Waals surface area contributed by atoms with Crippen LogP contribution in [0.3, 0.4) is 0 Å². The number of methoxy groups -OCH3 is 1. The van der Waals surface area contributed by atoms with Gasteiger partial charge in [-0.15, -0.1) is 0 Å². The van der Waals surface area contributed by atoms with Gasteiger partial charge in [0.15, 0.2) is 0 Å². The molecule has 0 aromatic carbocycles. The van der Waals surface area contributed by atoms with E-state index in [9.17, 15) is 4.79 Å². The quantitative estimate of drug-likeness (QED) is 0.685. The molecule has 1 aliphatic heterocycles. The van der Waals surface area contributed by atoms with Crippen LogP contribution in [0.4, 0.5) is 0 Å². The summed E-state index contributed by atoms with van der Waals surface area (Å²) >= 11 is 0. The maximum Gasteiger partial charge on any atom is 0.309 e. The van der Waals surface area contributed by atoms with Gasteiger partial charge in [-0.25, -0.2) is 0 Å². The molecule has 0 bridgehead atoms. The molecule has 0 aliphatic carbocycles. The topological polar surface area (TPSA) is 41.6 Å². The first-order valence-corrected chi connectivity index (χ1v) is 6.21. The second-order valence-corrected chi connectivity index (χ2v) is 4.51. The van der Waals surface area contributed by atoms with E-state index in [0.717, 1.165) is 13.1 Å². The van der Waals surface area contributed by atoms with E-state index in [4.69, 9.17) is 0 Å². The number of carbonyl (C=O) groups is 1. The van der Waals surface area contributed by atoms with Crippen molar-refractivity contribution in [2.45, 2.75) is 32.7 Å². The lowest BCUT2D eigenvalue weighted by Crippen LogP contribution is -2.39. The molecule has 16 heavy (non-hydrogen) atoms. The monoisotopic (exact) mass is 228 g/mol. The molecule has 1 saturated heterocycles. The molecule has 1 N–H and O–H groups in total. The zero-order valence-corrected chi connectivity index (χ0v) is 10.7. The lowest BCUT2D eigenvalue weighted by atomic mass is 10.1. The molecule has 0 amide bonds. The third-order valence-corrected chi connectivity index (χ3v) is 3.34. The Morgan fingerprint density at radius 1 is 1.62 bits per heavy atom. The van der Waals surface area contributed by atoms with Crippen molar-refractivity contribution < 1.29 is 9.53 Å². The van der Waals surface area contributed by atoms with Crippen molar-refractivity contribution in [1.82, 2.24) is 10.2 Å². The molecule has 4 nitrogen and oxygen atoms in total. The van der Waals surface area contributed by atoms with Gasteiger partial charge in [0, 0.05) is 19.1 Å². The van der Waals surface area contributed by atoms with Crippen LogP contribution in [0.5, 0.6) is 0 Å². The minimum Gasteiger partial charge on any atom is -0.469 e. The highest BCUT2D eigenvalue weighted by molar-refractivity contribution is 5.71. The number of esters is 1. The van der Waals surface area contributed by atoms with Crippen LogP contribution in [0.1, 0.15) is 26.7 Å². The Morgan fingerprint density at radius 2 is 2.38 bits per heavy atom. The Kier molecular flexibility index (Phi) is 5.77. The van der Waals surface area contributed by atoms with Crippen LogP contribution in [0.15, 0.2) is 0 Å². The van der Waals surface area contributed by atoms with Gasteiger partial charge in [-0.3, -0.25) is 9.69 Å². The predicted molar refractivity (Wildman–Crippen MR) is 64.3 cm³/mol. The summed E-state index contributed by atoms with van der Waals surface area (Å²) in [5.41, 5.74) is 0. The molecule has 0 radical (unpaired) electrons. The Labute approximate surface area is 98.3 Å². The molecule has 2 unspecified atom stereocenters. The van der Waals surface area contributed by atoms with Gasteiger partial charge in [0.1, 0.15) is 0 Å². The van der Waals surface area contributed by atoms with Gasteiger partial charge in [0.2, 0.25) is 0 Å². The molecule has 0 aromatic heterocycles. The van der Waals surface area contributed by atoms with Crippen LogP contribution < -0.4 is 5.32 Å². The van der Waals surface area contributed by atoms with Gasteiger partial charge < -0.3 is 10.1 Å². The van der Waals surface area contributed by atoms with Crippen LogP contribution >= 0.6 is 0 Å². The number of hydrogen-bond donors (Lipinski definition) is 1. The fourth-order valence-corrected chi connectivity index (χ4v) is 2.29. The average molecular weight is 228 g/mol. The Hall–Kier alpha value is -0.610. The van der Waals surface area contributed by atoms with E-state index in [1.165, 1.54) is 26.5 Å². The van der Waals surface area contributed by atoms with E-state index in [1.54, 1.807) is 0 Å². The summed E-state index contributed by atoms with van der Waals surface area (Å²) in [6.07, 6.45) is 2.57. The predicted octanol–water partition coefficient (Wildman–Crippen LogP) is 0.869. The fraction of sp³-hybridized carbons (Fsp3) is 0.917. The number of nitrogens with one attached hydrogen (secondary N) is 1. The second-order valence-electron chi connectivity index (χ2n) is 4.51. The first-order valence-electron chi connectivity index (χ1n) is 6.21. The van der Waals surface area contributed by atoms with Gasteiger partial charge in [-0.1, -0.05) is 13.8 Å². The second kappa shape index (κ2) is 6.86. The highest BCUT2D eigenvalue weighted by atomic mass is 16.5. The third kappa shape index (κ3) is 3.76. The van der Waals surface area contributed by atoms with Crippen LogP contribution in [0.25, 0.3) is 0 Å². The number of carbonyl (C=O) groups excluding carboxylic acids is 1. The van der Waals surface area contributed by atoms with Crippen molar-refractivity contribution in [2.75, 3.05) is 33.3 Å². The largest absolute Gasteiger partial charge is 0.469 e. The Morgan fingerprint density at radius 3 is 3.00 bits per heavy atom. The van der Waals surface area contributed by atoms with Crippen molar-refractivity contribution in [3.63, 3.8) is 0 Å². The minimum absolute atomic E-state index is 0.0542. The Balaban J connectivity index is 2.17. The van der Waals surface area contributed by atoms with Crippen molar-refractivity contribution in [1.29, 1.82) is 0 Å². The van der Waals surface area contributed by atoms with Crippen molar-refractivity contribution in [2.24, 2.45) is 5.92 Å². The number of rotatable bonds is 6. The molecule has 94 valence electrons. The van der Waals surface area contributed by atoms with E-state index >= 15 is 0 Å². The smallest absolute Gasteiger partial charge is 0.309 e. The lowest BCUT2D eigenvalue weighted by molar-refractivity contribution is -0.144. The summed E-state index contributed by atoms with van der Waals surface area (Å²) in [4.78, 5) is 13.7. The molecular weight excluding hydrogens is 204 g/mol. The molecule has 1 rings (SSSR count). The SMILES string of the molecule is CCN1CCCC1CNCC(C)C(=O)OC. The molecule has 1 aliphatic rings. The number of ether oxygens (including phenoxy) is 1. The minimum atomic E-state index is -0.133. The number of nitrogens with zero attached hydrogens (tertiary/aromatic N) is 1. The highest BCUT2D eigenvalue weighted by Crippen LogP contribution is 2.15. The van der Waals surface area contributed by atoms with Crippen molar-refractivity contribution in [3.05, 3.63) is 0 Å². The van der Waals surface area contributed by atoms with E-state index in [2.05, 4.69) is 21.9 Å². The molecule has 0 spiro atoms. The highest BCUT2D eigenvalue weighted by Gasteiger charge is 2.22. The van der Waals surface area contributed by atoms with E-state index in [-0.39, 0.29) is 11.9 Å². The maximum absolute atomic E-state index is 11.2. The molecule has 0 saturated carbocycles. The average Bonchev–Trinajstić information content (AvgIpc) is 2.75. The third-order valence-electron chi connectivity index (χ3n) is 3.34. The molecule has 0 aromatic rings. The summed E-state index contributed by atoms with van der Waals surface area (Å²) in [5, 5.41) is 3.36. The standard InChI is InChI=1S/C12H24N2O2/c1-4-14-7-5-6-11(14)9-13-8-10(2)12(15)16-3/h10-11,13H,4-9H2,1-3H3.